The summed E-state index contributed by atoms with van der Waals surface area (Å²) in [5.74, 6) is 0. The molecule has 0 spiro atoms. The molecule has 0 bridgehead atoms. The molecule has 2 aliphatic carbocycles. The lowest BCUT2D eigenvalue weighted by Crippen LogP contribution is -2.51. The lowest BCUT2D eigenvalue weighted by Gasteiger charge is -2.41. The van der Waals surface area contributed by atoms with Crippen molar-refractivity contribution < 1.29 is 14.3 Å². The van der Waals surface area contributed by atoms with E-state index in [1.807, 2.05) is 27.8 Å². The van der Waals surface area contributed by atoms with Gasteiger partial charge in [0.1, 0.15) is 5.60 Å². The fourth-order valence-electron chi connectivity index (χ4n) is 3.52. The zero-order valence-corrected chi connectivity index (χ0v) is 15.4. The molecule has 0 aromatic rings. The van der Waals surface area contributed by atoms with Gasteiger partial charge in [-0.1, -0.05) is 0 Å². The Balaban J connectivity index is 1.67. The summed E-state index contributed by atoms with van der Waals surface area (Å²) in [5.41, 5.74) is -0.425. The Morgan fingerprint density at radius 1 is 1.13 bits per heavy atom. The Bertz CT molecular complexity index is 380. The second-order valence-corrected chi connectivity index (χ2v) is 8.01. The monoisotopic (exact) mass is 326 g/mol. The molecule has 0 saturated heterocycles. The van der Waals surface area contributed by atoms with Crippen LogP contribution in [0.4, 0.5) is 4.79 Å². The first kappa shape index (κ1) is 18.5. The van der Waals surface area contributed by atoms with Gasteiger partial charge in [-0.25, -0.2) is 4.79 Å². The minimum Gasteiger partial charge on any atom is -0.444 e. The fourth-order valence-corrected chi connectivity index (χ4v) is 3.52. The molecule has 134 valence electrons. The van der Waals surface area contributed by atoms with E-state index < -0.39 is 5.60 Å². The Morgan fingerprint density at radius 3 is 2.26 bits per heavy atom. The smallest absolute Gasteiger partial charge is 0.410 e. The van der Waals surface area contributed by atoms with Crippen molar-refractivity contribution in [2.45, 2.75) is 96.1 Å². The largest absolute Gasteiger partial charge is 0.444 e. The molecule has 1 amide bonds. The summed E-state index contributed by atoms with van der Waals surface area (Å²) in [4.78, 5) is 13.9. The van der Waals surface area contributed by atoms with Gasteiger partial charge in [0, 0.05) is 31.8 Å². The standard InChI is InChI=1S/C18H34N2O3/c1-6-22-16-11-14(12-16)19-13-7-9-15(10-8-13)20(5)17(21)23-18(2,3)4/h13-16,19H,6-12H2,1-5H3. The van der Waals surface area contributed by atoms with Crippen LogP contribution in [-0.4, -0.2) is 54.5 Å². The number of hydrogen-bond donors (Lipinski definition) is 1. The average molecular weight is 326 g/mol. The van der Waals surface area contributed by atoms with Crippen molar-refractivity contribution in [2.75, 3.05) is 13.7 Å². The minimum atomic E-state index is -0.425. The van der Waals surface area contributed by atoms with Crippen LogP contribution in [0.3, 0.4) is 0 Å². The molecule has 2 fully saturated rings. The normalized spacial score (nSPS) is 31.3. The molecule has 0 atom stereocenters. The van der Waals surface area contributed by atoms with Crippen LogP contribution in [0.5, 0.6) is 0 Å². The predicted octanol–water partition coefficient (Wildman–Crippen LogP) is 3.32. The molecule has 0 aromatic heterocycles. The molecule has 0 radical (unpaired) electrons. The number of carbonyl (C=O) groups is 1. The van der Waals surface area contributed by atoms with Gasteiger partial charge in [-0.2, -0.15) is 0 Å². The molecule has 0 aliphatic heterocycles. The van der Waals surface area contributed by atoms with Crippen LogP contribution < -0.4 is 5.32 Å². The average Bonchev–Trinajstić information content (AvgIpc) is 2.43. The van der Waals surface area contributed by atoms with Gasteiger partial charge in [0.15, 0.2) is 0 Å². The Hall–Kier alpha value is -0.810. The van der Waals surface area contributed by atoms with E-state index in [2.05, 4.69) is 12.2 Å². The van der Waals surface area contributed by atoms with E-state index in [0.29, 0.717) is 24.2 Å². The van der Waals surface area contributed by atoms with Gasteiger partial charge >= 0.3 is 6.09 Å². The van der Waals surface area contributed by atoms with E-state index in [4.69, 9.17) is 9.47 Å². The zero-order valence-electron chi connectivity index (χ0n) is 15.4. The van der Waals surface area contributed by atoms with Crippen LogP contribution in [0.15, 0.2) is 0 Å². The number of ether oxygens (including phenoxy) is 2. The number of carbonyl (C=O) groups excluding carboxylic acids is 1. The van der Waals surface area contributed by atoms with Crippen LogP contribution in [0, 0.1) is 0 Å². The first-order valence-corrected chi connectivity index (χ1v) is 9.12. The summed E-state index contributed by atoms with van der Waals surface area (Å²) >= 11 is 0. The van der Waals surface area contributed by atoms with Crippen molar-refractivity contribution in [3.8, 4) is 0 Å². The second kappa shape index (κ2) is 7.84. The highest BCUT2D eigenvalue weighted by Crippen LogP contribution is 2.28. The van der Waals surface area contributed by atoms with E-state index >= 15 is 0 Å². The molecule has 1 N–H and O–H groups in total. The van der Waals surface area contributed by atoms with Gasteiger partial charge in [-0.15, -0.1) is 0 Å². The number of hydrogen-bond acceptors (Lipinski definition) is 4. The Morgan fingerprint density at radius 2 is 1.74 bits per heavy atom. The molecule has 2 saturated carbocycles. The van der Waals surface area contributed by atoms with Crippen LogP contribution in [0.1, 0.15) is 66.2 Å². The summed E-state index contributed by atoms with van der Waals surface area (Å²) in [6.07, 6.45) is 6.92. The van der Waals surface area contributed by atoms with Gasteiger partial charge in [0.05, 0.1) is 6.10 Å². The molecule has 5 heteroatoms. The maximum atomic E-state index is 12.1. The van der Waals surface area contributed by atoms with Crippen LogP contribution >= 0.6 is 0 Å². The number of amides is 1. The topological polar surface area (TPSA) is 50.8 Å². The first-order valence-electron chi connectivity index (χ1n) is 9.12. The third-order valence-electron chi connectivity index (χ3n) is 4.89. The van der Waals surface area contributed by atoms with Crippen LogP contribution in [-0.2, 0) is 9.47 Å². The Kier molecular flexibility index (Phi) is 6.32. The van der Waals surface area contributed by atoms with Gasteiger partial charge < -0.3 is 19.7 Å². The van der Waals surface area contributed by atoms with Gasteiger partial charge in [0.25, 0.3) is 0 Å². The molecule has 2 rings (SSSR count). The summed E-state index contributed by atoms with van der Waals surface area (Å²) in [6, 6.07) is 1.52. The van der Waals surface area contributed by atoms with Crippen LogP contribution in [0.25, 0.3) is 0 Å². The van der Waals surface area contributed by atoms with E-state index in [0.717, 1.165) is 45.1 Å². The SMILES string of the molecule is CCOC1CC(NC2CCC(N(C)C(=O)OC(C)(C)C)CC2)C1. The van der Waals surface area contributed by atoms with E-state index in [9.17, 15) is 4.79 Å². The lowest BCUT2D eigenvalue weighted by molar-refractivity contribution is -0.0148. The molecule has 2 aliphatic rings. The summed E-state index contributed by atoms with van der Waals surface area (Å²) in [7, 11) is 1.87. The highest BCUT2D eigenvalue weighted by molar-refractivity contribution is 5.68. The number of rotatable bonds is 5. The molecule has 0 unspecified atom stereocenters. The van der Waals surface area contributed by atoms with Crippen molar-refractivity contribution in [3.05, 3.63) is 0 Å². The second-order valence-electron chi connectivity index (χ2n) is 8.01. The summed E-state index contributed by atoms with van der Waals surface area (Å²) in [5, 5.41) is 3.76. The lowest BCUT2D eigenvalue weighted by atomic mass is 9.85. The Labute approximate surface area is 141 Å². The van der Waals surface area contributed by atoms with E-state index in [-0.39, 0.29) is 6.09 Å². The summed E-state index contributed by atoms with van der Waals surface area (Å²) < 4.78 is 11.1. The van der Waals surface area contributed by atoms with E-state index in [1.54, 1.807) is 4.90 Å². The molecular formula is C18H34N2O3. The van der Waals surface area contributed by atoms with Gasteiger partial charge in [-0.05, 0) is 66.2 Å². The van der Waals surface area contributed by atoms with Crippen molar-refractivity contribution in [1.29, 1.82) is 0 Å². The van der Waals surface area contributed by atoms with Crippen molar-refractivity contribution >= 4 is 6.09 Å². The highest BCUT2D eigenvalue weighted by atomic mass is 16.6. The molecule has 5 nitrogen and oxygen atoms in total. The molecule has 0 heterocycles. The van der Waals surface area contributed by atoms with Gasteiger partial charge in [-0.3, -0.25) is 0 Å². The third kappa shape index (κ3) is 5.64. The highest BCUT2D eigenvalue weighted by Gasteiger charge is 2.34. The predicted molar refractivity (Wildman–Crippen MR) is 91.6 cm³/mol. The quantitative estimate of drug-likeness (QED) is 0.842. The zero-order chi connectivity index (χ0) is 17.0. The van der Waals surface area contributed by atoms with Gasteiger partial charge in [0.2, 0.25) is 0 Å². The molecule has 23 heavy (non-hydrogen) atoms. The third-order valence-corrected chi connectivity index (χ3v) is 4.89. The maximum absolute atomic E-state index is 12.1. The molecular weight excluding hydrogens is 292 g/mol. The van der Waals surface area contributed by atoms with E-state index in [1.165, 1.54) is 0 Å². The number of nitrogens with one attached hydrogen (secondary N) is 1. The molecule has 0 aromatic carbocycles. The summed E-state index contributed by atoms with van der Waals surface area (Å²) in [6.45, 7) is 8.61. The minimum absolute atomic E-state index is 0.201. The van der Waals surface area contributed by atoms with Crippen molar-refractivity contribution in [3.63, 3.8) is 0 Å². The van der Waals surface area contributed by atoms with Crippen LogP contribution in [0.2, 0.25) is 0 Å². The van der Waals surface area contributed by atoms with Crippen molar-refractivity contribution in [2.24, 2.45) is 0 Å². The number of nitrogens with zero attached hydrogens (tertiary/aromatic N) is 1. The first-order chi connectivity index (χ1) is 10.8. The fraction of sp³-hybridized carbons (Fsp3) is 0.944. The maximum Gasteiger partial charge on any atom is 0.410 e. The van der Waals surface area contributed by atoms with Crippen molar-refractivity contribution in [1.82, 2.24) is 10.2 Å².